The van der Waals surface area contributed by atoms with E-state index in [2.05, 4.69) is 205 Å². The Morgan fingerprint density at radius 1 is 0.326 bits per heavy atom. The molecule has 0 spiro atoms. The Hall–Kier alpha value is -0.612. The molecule has 0 aromatic heterocycles. The van der Waals surface area contributed by atoms with Gasteiger partial charge >= 0.3 is 313 Å². The Labute approximate surface area is 309 Å². The molecule has 0 amide bonds. The fraction of sp³-hybridized carbons (Fsp3) is 0.0270. The van der Waals surface area contributed by atoms with Crippen LogP contribution in [0.2, 0.25) is 0 Å². The van der Waals surface area contributed by atoms with Crippen molar-refractivity contribution in [3.8, 4) is 0 Å². The van der Waals surface area contributed by atoms with Crippen molar-refractivity contribution < 1.29 is 0 Å². The molecule has 236 valence electrons. The third-order valence-corrected chi connectivity index (χ3v) is 79.8. The van der Waals surface area contributed by atoms with E-state index in [0.29, 0.717) is 58.1 Å². The van der Waals surface area contributed by atoms with E-state index in [-0.39, 0.29) is 0 Å². The summed E-state index contributed by atoms with van der Waals surface area (Å²) in [7, 11) is 0. The second-order valence-electron chi connectivity index (χ2n) is 10.3. The van der Waals surface area contributed by atoms with E-state index in [1.807, 2.05) is 0 Å². The zero-order valence-corrected chi connectivity index (χ0v) is 37.0. The van der Waals surface area contributed by atoms with Crippen LogP contribution >= 0.6 is 39.7 Å². The van der Waals surface area contributed by atoms with Crippen LogP contribution in [0.25, 0.3) is 0 Å². The molecule has 6 aromatic rings. The third-order valence-electron chi connectivity index (χ3n) is 6.92. The average molecular weight is 955 g/mol. The first-order valence-electron chi connectivity index (χ1n) is 15.1. The molecule has 0 fully saturated rings. The molecule has 0 atom stereocenters. The Bertz CT molecular complexity index is 1380. The molecule has 0 unspecified atom stereocenters. The summed E-state index contributed by atoms with van der Waals surface area (Å²) in [6, 6.07) is 69.2. The summed E-state index contributed by atoms with van der Waals surface area (Å²) in [4.78, 5) is 2.93. The van der Waals surface area contributed by atoms with Gasteiger partial charge in [0, 0.05) is 0 Å². The molecule has 0 nitrogen and oxygen atoms in total. The van der Waals surface area contributed by atoms with Crippen LogP contribution in [0.4, 0.5) is 0 Å². The SMILES string of the molecule is c1ccc(S[PH2](Sc2ccccc2)C([PH2]([Se]c2ccccc2)[Se]c2ccccc2)[PH2]([Se]c2ccccc2)[Se]c2ccccc2)cc1. The first kappa shape index (κ1) is 35.2. The van der Waals surface area contributed by atoms with Gasteiger partial charge in [-0.15, -0.1) is 0 Å². The molecule has 6 aromatic carbocycles. The molecule has 6 rings (SSSR count). The predicted molar refractivity (Wildman–Crippen MR) is 225 cm³/mol. The van der Waals surface area contributed by atoms with Crippen molar-refractivity contribution in [3.05, 3.63) is 182 Å². The van der Waals surface area contributed by atoms with Gasteiger partial charge in [0.15, 0.2) is 0 Å². The van der Waals surface area contributed by atoms with E-state index in [1.165, 1.54) is 9.79 Å². The zero-order valence-electron chi connectivity index (χ0n) is 25.1. The predicted octanol–water partition coefficient (Wildman–Crippen LogP) is 7.30. The van der Waals surface area contributed by atoms with Crippen molar-refractivity contribution in [2.24, 2.45) is 0 Å². The van der Waals surface area contributed by atoms with Crippen molar-refractivity contribution in [2.45, 2.75) is 14.9 Å². The Balaban J connectivity index is 1.50. The molecule has 0 aliphatic heterocycles. The van der Waals surface area contributed by atoms with E-state index in [1.54, 1.807) is 17.8 Å². The first-order chi connectivity index (χ1) is 22.8. The van der Waals surface area contributed by atoms with Gasteiger partial charge in [0.25, 0.3) is 0 Å². The minimum absolute atomic E-state index is 0.534. The molecule has 46 heavy (non-hydrogen) atoms. The van der Waals surface area contributed by atoms with Gasteiger partial charge < -0.3 is 0 Å². The molecule has 0 bridgehead atoms. The molecular formula is C37H37P3S2Se4. The Morgan fingerprint density at radius 3 is 0.826 bits per heavy atom. The minimum atomic E-state index is -1.46. The molecule has 9 heteroatoms. The van der Waals surface area contributed by atoms with Crippen LogP contribution in [0.1, 0.15) is 0 Å². The van der Waals surface area contributed by atoms with Gasteiger partial charge in [-0.1, -0.05) is 0 Å². The van der Waals surface area contributed by atoms with Gasteiger partial charge in [-0.05, 0) is 0 Å². The van der Waals surface area contributed by atoms with E-state index in [9.17, 15) is 0 Å². The summed E-state index contributed by atoms with van der Waals surface area (Å²) in [5.74, 6) is 0. The number of benzene rings is 6. The second-order valence-corrected chi connectivity index (χ2v) is 56.6. The van der Waals surface area contributed by atoms with Crippen LogP contribution in [-0.2, 0) is 0 Å². The summed E-state index contributed by atoms with van der Waals surface area (Å²) in [6.45, 7) is 0. The fourth-order valence-corrected chi connectivity index (χ4v) is 128. The van der Waals surface area contributed by atoms with Crippen molar-refractivity contribution in [1.29, 1.82) is 0 Å². The second kappa shape index (κ2) is 19.5. The van der Waals surface area contributed by atoms with Gasteiger partial charge in [-0.3, -0.25) is 0 Å². The molecule has 0 aliphatic rings. The number of hydrogen-bond donors (Lipinski definition) is 0. The van der Waals surface area contributed by atoms with Gasteiger partial charge in [-0.2, -0.15) is 0 Å². The van der Waals surface area contributed by atoms with E-state index >= 15 is 0 Å². The zero-order chi connectivity index (χ0) is 31.2. The maximum atomic E-state index is 2.44. The van der Waals surface area contributed by atoms with Crippen LogP contribution in [0, 0.1) is 0 Å². The number of rotatable bonds is 15. The molecule has 0 radical (unpaired) electrons. The topological polar surface area (TPSA) is 0 Å². The molecule has 0 saturated heterocycles. The van der Waals surface area contributed by atoms with Crippen molar-refractivity contribution in [2.75, 3.05) is 0 Å². The quantitative estimate of drug-likeness (QED) is 0.0784. The molecule has 0 aliphatic carbocycles. The summed E-state index contributed by atoms with van der Waals surface area (Å²) in [5.41, 5.74) is 0. The van der Waals surface area contributed by atoms with Crippen LogP contribution in [0.3, 0.4) is 0 Å². The van der Waals surface area contributed by atoms with Crippen LogP contribution in [-0.4, -0.2) is 63.2 Å². The third kappa shape index (κ3) is 11.2. The monoisotopic (exact) mass is 958 g/mol. The molecule has 0 heterocycles. The normalized spacial score (nSPS) is 12.7. The fourth-order valence-electron chi connectivity index (χ4n) is 4.73. The van der Waals surface area contributed by atoms with Crippen LogP contribution in [0.5, 0.6) is 0 Å². The van der Waals surface area contributed by atoms with E-state index in [0.717, 1.165) is 5.14 Å². The maximum absolute atomic E-state index is 2.44. The van der Waals surface area contributed by atoms with Gasteiger partial charge in [-0.25, -0.2) is 0 Å². The first-order valence-corrected chi connectivity index (χ1v) is 38.9. The van der Waals surface area contributed by atoms with Crippen molar-refractivity contribution in [1.82, 2.24) is 0 Å². The van der Waals surface area contributed by atoms with Crippen molar-refractivity contribution >= 4 is 116 Å². The molecule has 0 saturated carbocycles. The van der Waals surface area contributed by atoms with E-state index < -0.39 is 16.9 Å². The Morgan fingerprint density at radius 2 is 0.565 bits per heavy atom. The summed E-state index contributed by atoms with van der Waals surface area (Å²) >= 11 is 6.74. The average Bonchev–Trinajstić information content (AvgIpc) is 3.11. The summed E-state index contributed by atoms with van der Waals surface area (Å²) in [6.07, 6.45) is -1.46. The van der Waals surface area contributed by atoms with Crippen LogP contribution in [0.15, 0.2) is 192 Å². The van der Waals surface area contributed by atoms with Gasteiger partial charge in [0.2, 0.25) is 0 Å². The standard InChI is InChI=1S/C37H37P3S2Se4/c1-7-19-31(20-8-1)41-38(42-32-21-9-2-10-22-32)37(39(43-33-23-11-3-12-24-33)44-34-25-13-4-14-26-34)40(45-35-27-15-5-16-28-35)46-36-29-17-6-18-30-36/h1-30,37H,38-40H2. The van der Waals surface area contributed by atoms with Gasteiger partial charge in [0.05, 0.1) is 0 Å². The van der Waals surface area contributed by atoms with Crippen LogP contribution < -0.4 is 17.8 Å². The van der Waals surface area contributed by atoms with Crippen molar-refractivity contribution in [3.63, 3.8) is 0 Å². The Kier molecular flexibility index (Phi) is 15.0. The number of hydrogen-bond acceptors (Lipinski definition) is 2. The molecule has 0 N–H and O–H groups in total. The summed E-state index contributed by atoms with van der Waals surface area (Å²) < 4.78 is 6.46. The van der Waals surface area contributed by atoms with Gasteiger partial charge in [0.1, 0.15) is 0 Å². The summed E-state index contributed by atoms with van der Waals surface area (Å²) in [5, 5.41) is -1.56. The molecular weight excluding hydrogens is 917 g/mol. The van der Waals surface area contributed by atoms with E-state index in [4.69, 9.17) is 0 Å².